The Bertz CT molecular complexity index is 399. The van der Waals surface area contributed by atoms with Crippen molar-refractivity contribution in [2.24, 2.45) is 11.3 Å². The molecule has 0 N–H and O–H groups in total. The highest BCUT2D eigenvalue weighted by Crippen LogP contribution is 2.43. The van der Waals surface area contributed by atoms with Crippen LogP contribution in [0, 0.1) is 22.7 Å². The van der Waals surface area contributed by atoms with Crippen molar-refractivity contribution < 1.29 is 4.79 Å². The summed E-state index contributed by atoms with van der Waals surface area (Å²) in [5, 5.41) is 10.3. The first kappa shape index (κ1) is 14.3. The Labute approximate surface area is 126 Å². The monoisotopic (exact) mass is 292 g/mol. The Balaban J connectivity index is 1.54. The van der Waals surface area contributed by atoms with Crippen molar-refractivity contribution in [3.63, 3.8) is 0 Å². The molecule has 0 unspecified atom stereocenters. The van der Waals surface area contributed by atoms with Gasteiger partial charge in [0.1, 0.15) is 5.41 Å². The number of likely N-dealkylation sites (tertiary alicyclic amines) is 1. The summed E-state index contributed by atoms with van der Waals surface area (Å²) in [6.07, 6.45) is 8.68. The molecule has 0 atom stereocenters. The lowest BCUT2D eigenvalue weighted by Crippen LogP contribution is -2.44. The number of amides is 1. The van der Waals surface area contributed by atoms with E-state index in [9.17, 15) is 10.1 Å². The van der Waals surface area contributed by atoms with Crippen molar-refractivity contribution in [3.05, 3.63) is 0 Å². The highest BCUT2D eigenvalue weighted by Gasteiger charge is 2.45. The van der Waals surface area contributed by atoms with Crippen LogP contribution in [-0.2, 0) is 4.79 Å². The summed E-state index contributed by atoms with van der Waals surface area (Å²) in [4.78, 5) is 14.6. The van der Waals surface area contributed by atoms with E-state index < -0.39 is 5.41 Å². The first-order valence-corrected chi connectivity index (χ1v) is 9.11. The first-order valence-electron chi connectivity index (χ1n) is 8.06. The van der Waals surface area contributed by atoms with Crippen LogP contribution in [0.4, 0.5) is 0 Å². The highest BCUT2D eigenvalue weighted by atomic mass is 32.2. The van der Waals surface area contributed by atoms with E-state index in [0.717, 1.165) is 57.5 Å². The first-order chi connectivity index (χ1) is 9.73. The summed E-state index contributed by atoms with van der Waals surface area (Å²) >= 11 is 2.09. The Morgan fingerprint density at radius 1 is 1.20 bits per heavy atom. The largest absolute Gasteiger partial charge is 0.341 e. The molecule has 0 bridgehead atoms. The fourth-order valence-electron chi connectivity index (χ4n) is 3.40. The molecule has 1 heterocycles. The lowest BCUT2D eigenvalue weighted by molar-refractivity contribution is -0.139. The average molecular weight is 292 g/mol. The number of nitriles is 1. The predicted molar refractivity (Wildman–Crippen MR) is 81.3 cm³/mol. The van der Waals surface area contributed by atoms with E-state index in [1.54, 1.807) is 0 Å². The molecule has 0 aromatic heterocycles. The van der Waals surface area contributed by atoms with E-state index in [4.69, 9.17) is 0 Å². The summed E-state index contributed by atoms with van der Waals surface area (Å²) in [7, 11) is 0. The van der Waals surface area contributed by atoms with Gasteiger partial charge < -0.3 is 4.90 Å². The number of nitrogens with zero attached hydrogens (tertiary/aromatic N) is 2. The van der Waals surface area contributed by atoms with Crippen molar-refractivity contribution in [1.82, 2.24) is 4.90 Å². The van der Waals surface area contributed by atoms with Gasteiger partial charge in [-0.2, -0.15) is 17.0 Å². The molecule has 3 nitrogen and oxygen atoms in total. The highest BCUT2D eigenvalue weighted by molar-refractivity contribution is 7.99. The van der Waals surface area contributed by atoms with Crippen LogP contribution in [0.5, 0.6) is 0 Å². The smallest absolute Gasteiger partial charge is 0.243 e. The van der Waals surface area contributed by atoms with Crippen molar-refractivity contribution in [3.8, 4) is 6.07 Å². The van der Waals surface area contributed by atoms with Crippen LogP contribution in [0.3, 0.4) is 0 Å². The third kappa shape index (κ3) is 2.98. The van der Waals surface area contributed by atoms with E-state index in [1.807, 2.05) is 4.90 Å². The molecule has 1 amide bonds. The van der Waals surface area contributed by atoms with Crippen LogP contribution in [0.2, 0.25) is 0 Å². The maximum Gasteiger partial charge on any atom is 0.243 e. The molecule has 1 saturated heterocycles. The Hall–Kier alpha value is -0.690. The Morgan fingerprint density at radius 3 is 2.40 bits per heavy atom. The maximum atomic E-state index is 12.6. The lowest BCUT2D eigenvalue weighted by Gasteiger charge is -2.36. The number of carbonyl (C=O) groups is 1. The van der Waals surface area contributed by atoms with Crippen LogP contribution in [0.25, 0.3) is 0 Å². The summed E-state index contributed by atoms with van der Waals surface area (Å²) in [6, 6.07) is 2.39. The molecule has 0 aromatic rings. The molecule has 2 aliphatic carbocycles. The van der Waals surface area contributed by atoms with Crippen LogP contribution >= 0.6 is 11.8 Å². The molecule has 3 rings (SSSR count). The molecule has 3 fully saturated rings. The second-order valence-electron chi connectivity index (χ2n) is 6.67. The molecule has 0 radical (unpaired) electrons. The van der Waals surface area contributed by atoms with Gasteiger partial charge in [-0.1, -0.05) is 0 Å². The van der Waals surface area contributed by atoms with E-state index >= 15 is 0 Å². The predicted octanol–water partition coefficient (Wildman–Crippen LogP) is 3.20. The van der Waals surface area contributed by atoms with Gasteiger partial charge in [-0.3, -0.25) is 4.79 Å². The zero-order valence-electron chi connectivity index (χ0n) is 12.1. The van der Waals surface area contributed by atoms with E-state index in [1.165, 1.54) is 18.6 Å². The minimum absolute atomic E-state index is 0.128. The van der Waals surface area contributed by atoms with E-state index in [0.29, 0.717) is 5.25 Å². The molecule has 3 aliphatic rings. The van der Waals surface area contributed by atoms with Gasteiger partial charge in [-0.25, -0.2) is 0 Å². The van der Waals surface area contributed by atoms with Crippen LogP contribution < -0.4 is 0 Å². The minimum atomic E-state index is -0.693. The summed E-state index contributed by atoms with van der Waals surface area (Å²) in [5.41, 5.74) is -0.693. The number of thioether (sulfide) groups is 1. The zero-order valence-corrected chi connectivity index (χ0v) is 13.0. The van der Waals surface area contributed by atoms with Crippen molar-refractivity contribution in [2.45, 2.75) is 56.6 Å². The molecule has 4 heteroatoms. The summed E-state index contributed by atoms with van der Waals surface area (Å²) in [5.74, 6) is 2.39. The Kier molecular flexibility index (Phi) is 4.26. The standard InChI is InChI=1S/C16H24N2OS/c17-12-16(15(19)18-9-1-2-10-18)7-5-14(6-8-16)20-11-13-3-4-13/h13-14H,1-11H2. The third-order valence-electron chi connectivity index (χ3n) is 5.07. The summed E-state index contributed by atoms with van der Waals surface area (Å²) in [6.45, 7) is 1.73. The van der Waals surface area contributed by atoms with Crippen LogP contribution in [0.1, 0.15) is 51.4 Å². The second kappa shape index (κ2) is 5.97. The van der Waals surface area contributed by atoms with E-state index in [-0.39, 0.29) is 5.91 Å². The molecule has 20 heavy (non-hydrogen) atoms. The molecular formula is C16H24N2OS. The van der Waals surface area contributed by atoms with Crippen LogP contribution in [0.15, 0.2) is 0 Å². The minimum Gasteiger partial charge on any atom is -0.341 e. The van der Waals surface area contributed by atoms with Crippen molar-refractivity contribution in [2.75, 3.05) is 18.8 Å². The van der Waals surface area contributed by atoms with Gasteiger partial charge in [-0.15, -0.1) is 0 Å². The van der Waals surface area contributed by atoms with Crippen molar-refractivity contribution >= 4 is 17.7 Å². The zero-order chi connectivity index (χ0) is 14.0. The SMILES string of the molecule is N#CC1(C(=O)N2CCCC2)CCC(SCC2CC2)CC1. The maximum absolute atomic E-state index is 12.6. The molecule has 0 spiro atoms. The van der Waals surface area contributed by atoms with Gasteiger partial charge in [0, 0.05) is 18.3 Å². The molecule has 110 valence electrons. The summed E-state index contributed by atoms with van der Waals surface area (Å²) < 4.78 is 0. The van der Waals surface area contributed by atoms with Gasteiger partial charge >= 0.3 is 0 Å². The third-order valence-corrected chi connectivity index (χ3v) is 6.67. The van der Waals surface area contributed by atoms with E-state index in [2.05, 4.69) is 17.8 Å². The van der Waals surface area contributed by atoms with Crippen molar-refractivity contribution in [1.29, 1.82) is 5.26 Å². The molecule has 2 saturated carbocycles. The van der Waals surface area contributed by atoms with Gasteiger partial charge in [0.05, 0.1) is 6.07 Å². The average Bonchev–Trinajstić information content (AvgIpc) is 3.16. The van der Waals surface area contributed by atoms with Gasteiger partial charge in [-0.05, 0) is 63.0 Å². The van der Waals surface area contributed by atoms with Gasteiger partial charge in [0.25, 0.3) is 0 Å². The number of rotatable bonds is 4. The number of hydrogen-bond donors (Lipinski definition) is 0. The van der Waals surface area contributed by atoms with Gasteiger partial charge in [0.2, 0.25) is 5.91 Å². The fraction of sp³-hybridized carbons (Fsp3) is 0.875. The molecular weight excluding hydrogens is 268 g/mol. The fourth-order valence-corrected chi connectivity index (χ4v) is 4.85. The lowest BCUT2D eigenvalue weighted by atomic mass is 9.74. The number of carbonyl (C=O) groups excluding carboxylic acids is 1. The Morgan fingerprint density at radius 2 is 1.85 bits per heavy atom. The molecule has 1 aliphatic heterocycles. The number of hydrogen-bond acceptors (Lipinski definition) is 3. The van der Waals surface area contributed by atoms with Gasteiger partial charge in [0.15, 0.2) is 0 Å². The quantitative estimate of drug-likeness (QED) is 0.799. The normalized spacial score (nSPS) is 34.0. The molecule has 0 aromatic carbocycles. The second-order valence-corrected chi connectivity index (χ2v) is 8.00. The van der Waals surface area contributed by atoms with Crippen LogP contribution in [-0.4, -0.2) is 34.9 Å². The topological polar surface area (TPSA) is 44.1 Å².